The Labute approximate surface area is 113 Å². The van der Waals surface area contributed by atoms with E-state index in [2.05, 4.69) is 23.2 Å². The standard InChI is InChI=1S/C8H7N.C7H15NO2/c1-2-4-8-7(3-1)5-6-9-8;1-2-3-4-6(5-8)7(9)10/h1-6,9H;6H,2-5,8H2,1H3,(H,9,10). The molecule has 0 saturated heterocycles. The van der Waals surface area contributed by atoms with Crippen molar-refractivity contribution in [3.8, 4) is 0 Å². The Morgan fingerprint density at radius 3 is 2.68 bits per heavy atom. The van der Waals surface area contributed by atoms with Gasteiger partial charge in [-0.1, -0.05) is 38.0 Å². The Balaban J connectivity index is 0.000000190. The summed E-state index contributed by atoms with van der Waals surface area (Å²) in [7, 11) is 0. The van der Waals surface area contributed by atoms with E-state index in [1.165, 1.54) is 10.9 Å². The highest BCUT2D eigenvalue weighted by molar-refractivity contribution is 5.78. The molecule has 1 atom stereocenters. The summed E-state index contributed by atoms with van der Waals surface area (Å²) in [5.74, 6) is -1.10. The number of unbranched alkanes of at least 4 members (excludes halogenated alkanes) is 1. The van der Waals surface area contributed by atoms with E-state index in [9.17, 15) is 4.79 Å². The molecule has 0 spiro atoms. The molecule has 2 aromatic rings. The minimum absolute atomic E-state index is 0.259. The number of aliphatic carboxylic acids is 1. The number of rotatable bonds is 5. The molecule has 4 heteroatoms. The van der Waals surface area contributed by atoms with Gasteiger partial charge in [-0.05, 0) is 23.9 Å². The van der Waals surface area contributed by atoms with E-state index < -0.39 is 5.97 Å². The van der Waals surface area contributed by atoms with Crippen LogP contribution in [0.2, 0.25) is 0 Å². The first kappa shape index (κ1) is 15.2. The highest BCUT2D eigenvalue weighted by atomic mass is 16.4. The molecule has 4 N–H and O–H groups in total. The van der Waals surface area contributed by atoms with E-state index >= 15 is 0 Å². The lowest BCUT2D eigenvalue weighted by Gasteiger charge is -2.06. The van der Waals surface area contributed by atoms with Gasteiger partial charge >= 0.3 is 5.97 Å². The number of benzene rings is 1. The van der Waals surface area contributed by atoms with Gasteiger partial charge in [-0.15, -0.1) is 0 Å². The number of fused-ring (bicyclic) bond motifs is 1. The van der Waals surface area contributed by atoms with Gasteiger partial charge in [0.05, 0.1) is 5.92 Å². The lowest BCUT2D eigenvalue weighted by molar-refractivity contribution is -0.141. The SMILES string of the molecule is CCCCC(CN)C(=O)O.c1ccc2[nH]ccc2c1. The Hall–Kier alpha value is -1.81. The van der Waals surface area contributed by atoms with Gasteiger partial charge in [0.1, 0.15) is 0 Å². The van der Waals surface area contributed by atoms with Crippen LogP contribution in [0, 0.1) is 5.92 Å². The molecule has 0 fully saturated rings. The van der Waals surface area contributed by atoms with Gasteiger partial charge in [-0.2, -0.15) is 0 Å². The van der Waals surface area contributed by atoms with Gasteiger partial charge in [0.25, 0.3) is 0 Å². The molecule has 0 aliphatic heterocycles. The van der Waals surface area contributed by atoms with Gasteiger partial charge in [0.2, 0.25) is 0 Å². The Morgan fingerprint density at radius 2 is 2.11 bits per heavy atom. The van der Waals surface area contributed by atoms with E-state index in [0.717, 1.165) is 12.8 Å². The Bertz CT molecular complexity index is 463. The second-order valence-corrected chi connectivity index (χ2v) is 4.48. The summed E-state index contributed by atoms with van der Waals surface area (Å²) in [6, 6.07) is 10.3. The number of H-pyrrole nitrogens is 1. The highest BCUT2D eigenvalue weighted by Crippen LogP contribution is 2.09. The second kappa shape index (κ2) is 8.32. The van der Waals surface area contributed by atoms with Crippen molar-refractivity contribution in [2.24, 2.45) is 11.7 Å². The maximum atomic E-state index is 10.4. The normalized spacial score (nSPS) is 11.7. The van der Waals surface area contributed by atoms with Crippen molar-refractivity contribution in [2.75, 3.05) is 6.54 Å². The van der Waals surface area contributed by atoms with Gasteiger partial charge in [0.15, 0.2) is 0 Å². The number of carboxylic acids is 1. The molecule has 1 heterocycles. The number of aromatic amines is 1. The summed E-state index contributed by atoms with van der Waals surface area (Å²) < 4.78 is 0. The summed E-state index contributed by atoms with van der Waals surface area (Å²) in [4.78, 5) is 13.5. The lowest BCUT2D eigenvalue weighted by Crippen LogP contribution is -2.22. The maximum Gasteiger partial charge on any atom is 0.307 e. The maximum absolute atomic E-state index is 10.4. The van der Waals surface area contributed by atoms with Gasteiger partial charge in [-0.3, -0.25) is 4.79 Å². The van der Waals surface area contributed by atoms with Crippen LogP contribution in [0.4, 0.5) is 0 Å². The van der Waals surface area contributed by atoms with Crippen LogP contribution in [-0.2, 0) is 4.79 Å². The van der Waals surface area contributed by atoms with Crippen LogP contribution in [0.5, 0.6) is 0 Å². The van der Waals surface area contributed by atoms with Gasteiger partial charge < -0.3 is 15.8 Å². The van der Waals surface area contributed by atoms with Crippen molar-refractivity contribution in [1.82, 2.24) is 4.98 Å². The van der Waals surface area contributed by atoms with Crippen LogP contribution in [0.15, 0.2) is 36.5 Å². The number of para-hydroxylation sites is 1. The molecule has 0 aliphatic rings. The molecule has 2 rings (SSSR count). The predicted octanol–water partition coefficient (Wildman–Crippen LogP) is 3.00. The fraction of sp³-hybridized carbons (Fsp3) is 0.400. The third-order valence-electron chi connectivity index (χ3n) is 3.00. The van der Waals surface area contributed by atoms with E-state index in [1.807, 2.05) is 25.3 Å². The number of nitrogens with one attached hydrogen (secondary N) is 1. The average Bonchev–Trinajstić information content (AvgIpc) is 2.88. The van der Waals surface area contributed by atoms with Crippen molar-refractivity contribution in [3.63, 3.8) is 0 Å². The molecule has 1 unspecified atom stereocenters. The first-order chi connectivity index (χ1) is 9.19. The number of hydrogen-bond acceptors (Lipinski definition) is 2. The van der Waals surface area contributed by atoms with E-state index in [-0.39, 0.29) is 12.5 Å². The number of nitrogens with two attached hydrogens (primary N) is 1. The molecule has 0 aliphatic carbocycles. The van der Waals surface area contributed by atoms with E-state index in [0.29, 0.717) is 6.42 Å². The molecule has 0 radical (unpaired) electrons. The first-order valence-corrected chi connectivity index (χ1v) is 6.64. The van der Waals surface area contributed by atoms with E-state index in [1.54, 1.807) is 0 Å². The monoisotopic (exact) mass is 262 g/mol. The fourth-order valence-electron chi connectivity index (χ4n) is 1.79. The minimum Gasteiger partial charge on any atom is -0.481 e. The van der Waals surface area contributed by atoms with Crippen LogP contribution in [0.3, 0.4) is 0 Å². The quantitative estimate of drug-likeness (QED) is 0.775. The second-order valence-electron chi connectivity index (χ2n) is 4.48. The van der Waals surface area contributed by atoms with Crippen LogP contribution in [-0.4, -0.2) is 22.6 Å². The van der Waals surface area contributed by atoms with E-state index in [4.69, 9.17) is 10.8 Å². The van der Waals surface area contributed by atoms with Gasteiger partial charge in [-0.25, -0.2) is 0 Å². The lowest BCUT2D eigenvalue weighted by atomic mass is 10.0. The third-order valence-corrected chi connectivity index (χ3v) is 3.00. The number of carboxylic acid groups (broad SMARTS) is 1. The summed E-state index contributed by atoms with van der Waals surface area (Å²) in [5.41, 5.74) is 6.44. The molecule has 0 saturated carbocycles. The van der Waals surface area contributed by atoms with Crippen molar-refractivity contribution in [2.45, 2.75) is 26.2 Å². The van der Waals surface area contributed by atoms with Crippen molar-refractivity contribution in [1.29, 1.82) is 0 Å². The summed E-state index contributed by atoms with van der Waals surface area (Å²) in [6.07, 6.45) is 4.64. The van der Waals surface area contributed by atoms with Crippen molar-refractivity contribution < 1.29 is 9.90 Å². The summed E-state index contributed by atoms with van der Waals surface area (Å²) >= 11 is 0. The smallest absolute Gasteiger partial charge is 0.307 e. The minimum atomic E-state index is -0.768. The van der Waals surface area contributed by atoms with Crippen molar-refractivity contribution in [3.05, 3.63) is 36.5 Å². The molecule has 1 aromatic heterocycles. The Morgan fingerprint density at radius 1 is 1.37 bits per heavy atom. The zero-order valence-corrected chi connectivity index (χ0v) is 11.3. The zero-order chi connectivity index (χ0) is 14.1. The molecule has 1 aromatic carbocycles. The van der Waals surface area contributed by atoms with Crippen LogP contribution < -0.4 is 5.73 Å². The molecule has 0 bridgehead atoms. The number of aromatic nitrogens is 1. The predicted molar refractivity (Wildman–Crippen MR) is 78.0 cm³/mol. The number of carbonyl (C=O) groups is 1. The zero-order valence-electron chi connectivity index (χ0n) is 11.3. The van der Waals surface area contributed by atoms with Gasteiger partial charge in [0, 0.05) is 18.3 Å². The van der Waals surface area contributed by atoms with Crippen LogP contribution in [0.1, 0.15) is 26.2 Å². The van der Waals surface area contributed by atoms with Crippen LogP contribution >= 0.6 is 0 Å². The molecule has 4 nitrogen and oxygen atoms in total. The van der Waals surface area contributed by atoms with Crippen LogP contribution in [0.25, 0.3) is 10.9 Å². The molecule has 19 heavy (non-hydrogen) atoms. The highest BCUT2D eigenvalue weighted by Gasteiger charge is 2.13. The molecular formula is C15H22N2O2. The Kier molecular flexibility index (Phi) is 6.68. The molecular weight excluding hydrogens is 240 g/mol. The fourth-order valence-corrected chi connectivity index (χ4v) is 1.79. The largest absolute Gasteiger partial charge is 0.481 e. The summed E-state index contributed by atoms with van der Waals surface area (Å²) in [5, 5.41) is 9.80. The first-order valence-electron chi connectivity index (χ1n) is 6.64. The number of hydrogen-bond donors (Lipinski definition) is 3. The summed E-state index contributed by atoms with van der Waals surface area (Å²) in [6.45, 7) is 2.30. The molecule has 104 valence electrons. The topological polar surface area (TPSA) is 79.1 Å². The van der Waals surface area contributed by atoms with Crippen molar-refractivity contribution >= 4 is 16.9 Å². The average molecular weight is 262 g/mol. The third kappa shape index (κ3) is 5.14. The molecule has 0 amide bonds.